The van der Waals surface area contributed by atoms with E-state index in [1.54, 1.807) is 26.4 Å². The van der Waals surface area contributed by atoms with Gasteiger partial charge in [-0.25, -0.2) is 0 Å². The van der Waals surface area contributed by atoms with Crippen LogP contribution in [0.1, 0.15) is 13.3 Å². The van der Waals surface area contributed by atoms with Crippen LogP contribution < -0.4 is 14.2 Å². The molecule has 0 N–H and O–H groups in total. The highest BCUT2D eigenvalue weighted by Gasteiger charge is 2.13. The number of hydrogen-bond acceptors (Lipinski definition) is 4. The van der Waals surface area contributed by atoms with Crippen LogP contribution in [-0.4, -0.2) is 20.3 Å². The Morgan fingerprint density at radius 2 is 1.94 bits per heavy atom. The summed E-state index contributed by atoms with van der Waals surface area (Å²) in [6, 6.07) is 7.45. The van der Waals surface area contributed by atoms with Crippen molar-refractivity contribution in [2.24, 2.45) is 0 Å². The van der Waals surface area contributed by atoms with Crippen molar-refractivity contribution < 1.29 is 14.2 Å². The highest BCUT2D eigenvalue weighted by molar-refractivity contribution is 5.51. The molecule has 86 valence electrons. The third-order valence-corrected chi connectivity index (χ3v) is 2.07. The molecule has 0 aromatic heterocycles. The molecule has 0 amide bonds. The molecule has 0 heterocycles. The molecule has 0 fully saturated rings. The van der Waals surface area contributed by atoms with E-state index in [1.807, 2.05) is 13.0 Å². The average molecular weight is 221 g/mol. The van der Waals surface area contributed by atoms with Crippen molar-refractivity contribution in [2.45, 2.75) is 19.4 Å². The van der Waals surface area contributed by atoms with Crippen LogP contribution >= 0.6 is 0 Å². The molecule has 0 spiro atoms. The standard InChI is InChI=1S/C12H15NO3/c1-9(7-8-13)16-11-6-4-5-10(14-2)12(11)15-3/h4-6,9H,7H2,1-3H3. The number of methoxy groups -OCH3 is 2. The fourth-order valence-electron chi connectivity index (χ4n) is 1.34. The zero-order valence-electron chi connectivity index (χ0n) is 9.69. The van der Waals surface area contributed by atoms with Crippen molar-refractivity contribution in [1.82, 2.24) is 0 Å². The number of para-hydroxylation sites is 1. The molecule has 0 bridgehead atoms. The maximum Gasteiger partial charge on any atom is 0.203 e. The molecule has 1 rings (SSSR count). The molecule has 1 aromatic carbocycles. The number of nitriles is 1. The van der Waals surface area contributed by atoms with Crippen molar-refractivity contribution in [2.75, 3.05) is 14.2 Å². The number of rotatable bonds is 5. The first-order valence-electron chi connectivity index (χ1n) is 4.97. The van der Waals surface area contributed by atoms with E-state index in [1.165, 1.54) is 0 Å². The highest BCUT2D eigenvalue weighted by atomic mass is 16.5. The Balaban J connectivity index is 2.91. The van der Waals surface area contributed by atoms with Crippen LogP contribution in [0.25, 0.3) is 0 Å². The largest absolute Gasteiger partial charge is 0.493 e. The average Bonchev–Trinajstić information content (AvgIpc) is 2.29. The third kappa shape index (κ3) is 2.80. The van der Waals surface area contributed by atoms with Gasteiger partial charge in [0.1, 0.15) is 6.10 Å². The van der Waals surface area contributed by atoms with Gasteiger partial charge in [-0.1, -0.05) is 6.07 Å². The molecule has 0 aliphatic rings. The summed E-state index contributed by atoms with van der Waals surface area (Å²) in [5, 5.41) is 8.56. The lowest BCUT2D eigenvalue weighted by Gasteiger charge is -2.16. The van der Waals surface area contributed by atoms with Gasteiger partial charge in [0.05, 0.1) is 26.7 Å². The van der Waals surface area contributed by atoms with Crippen LogP contribution in [0, 0.1) is 11.3 Å². The van der Waals surface area contributed by atoms with Crippen molar-refractivity contribution in [1.29, 1.82) is 5.26 Å². The number of hydrogen-bond donors (Lipinski definition) is 0. The summed E-state index contributed by atoms with van der Waals surface area (Å²) in [6.45, 7) is 1.84. The van der Waals surface area contributed by atoms with Crippen LogP contribution in [0.2, 0.25) is 0 Å². The quantitative estimate of drug-likeness (QED) is 0.766. The molecular weight excluding hydrogens is 206 g/mol. The smallest absolute Gasteiger partial charge is 0.203 e. The van der Waals surface area contributed by atoms with Gasteiger partial charge in [0.2, 0.25) is 5.75 Å². The molecule has 0 aliphatic carbocycles. The minimum Gasteiger partial charge on any atom is -0.493 e. The molecule has 1 unspecified atom stereocenters. The Bertz CT molecular complexity index is 384. The summed E-state index contributed by atoms with van der Waals surface area (Å²) in [6.07, 6.45) is 0.159. The Hall–Kier alpha value is -1.89. The molecule has 0 radical (unpaired) electrons. The van der Waals surface area contributed by atoms with E-state index in [0.29, 0.717) is 23.7 Å². The molecule has 1 aromatic rings. The van der Waals surface area contributed by atoms with Crippen LogP contribution in [0.5, 0.6) is 17.2 Å². The van der Waals surface area contributed by atoms with Crippen LogP contribution in [0.4, 0.5) is 0 Å². The predicted octanol–water partition coefficient (Wildman–Crippen LogP) is 2.38. The van der Waals surface area contributed by atoms with Crippen molar-refractivity contribution in [3.63, 3.8) is 0 Å². The number of benzene rings is 1. The van der Waals surface area contributed by atoms with E-state index in [-0.39, 0.29) is 6.10 Å². The minimum atomic E-state index is -0.175. The first-order valence-corrected chi connectivity index (χ1v) is 4.97. The number of ether oxygens (including phenoxy) is 3. The predicted molar refractivity (Wildman–Crippen MR) is 59.9 cm³/mol. The molecule has 4 heteroatoms. The molecule has 0 saturated carbocycles. The van der Waals surface area contributed by atoms with Gasteiger partial charge >= 0.3 is 0 Å². The zero-order chi connectivity index (χ0) is 12.0. The molecule has 0 aliphatic heterocycles. The fraction of sp³-hybridized carbons (Fsp3) is 0.417. The summed E-state index contributed by atoms with van der Waals surface area (Å²) in [7, 11) is 3.13. The molecule has 16 heavy (non-hydrogen) atoms. The first-order chi connectivity index (χ1) is 7.72. The van der Waals surface area contributed by atoms with Gasteiger partial charge < -0.3 is 14.2 Å². The van der Waals surface area contributed by atoms with E-state index < -0.39 is 0 Å². The van der Waals surface area contributed by atoms with E-state index in [0.717, 1.165) is 0 Å². The van der Waals surface area contributed by atoms with Gasteiger partial charge in [-0.05, 0) is 19.1 Å². The van der Waals surface area contributed by atoms with Gasteiger partial charge in [-0.15, -0.1) is 0 Å². The Kier molecular flexibility index (Phi) is 4.46. The van der Waals surface area contributed by atoms with E-state index in [9.17, 15) is 0 Å². The zero-order valence-corrected chi connectivity index (χ0v) is 9.69. The van der Waals surface area contributed by atoms with Crippen LogP contribution in [-0.2, 0) is 0 Å². The topological polar surface area (TPSA) is 51.5 Å². The summed E-state index contributed by atoms with van der Waals surface area (Å²) >= 11 is 0. The van der Waals surface area contributed by atoms with Crippen molar-refractivity contribution >= 4 is 0 Å². The van der Waals surface area contributed by atoms with Gasteiger partial charge in [0.15, 0.2) is 11.5 Å². The normalized spacial score (nSPS) is 11.4. The second-order valence-corrected chi connectivity index (χ2v) is 3.28. The second kappa shape index (κ2) is 5.86. The monoisotopic (exact) mass is 221 g/mol. The van der Waals surface area contributed by atoms with Gasteiger partial charge in [0.25, 0.3) is 0 Å². The molecule has 1 atom stereocenters. The highest BCUT2D eigenvalue weighted by Crippen LogP contribution is 2.37. The van der Waals surface area contributed by atoms with Crippen molar-refractivity contribution in [3.05, 3.63) is 18.2 Å². The Morgan fingerprint density at radius 1 is 1.25 bits per heavy atom. The van der Waals surface area contributed by atoms with Gasteiger partial charge in [-0.3, -0.25) is 0 Å². The number of nitrogens with zero attached hydrogens (tertiary/aromatic N) is 1. The molecule has 4 nitrogen and oxygen atoms in total. The lowest BCUT2D eigenvalue weighted by atomic mass is 10.2. The van der Waals surface area contributed by atoms with Gasteiger partial charge in [-0.2, -0.15) is 5.26 Å². The van der Waals surface area contributed by atoms with Gasteiger partial charge in [0, 0.05) is 0 Å². The molecule has 0 saturated heterocycles. The maximum atomic E-state index is 8.56. The van der Waals surface area contributed by atoms with E-state index >= 15 is 0 Å². The Morgan fingerprint density at radius 3 is 2.50 bits per heavy atom. The maximum absolute atomic E-state index is 8.56. The molecular formula is C12H15NO3. The SMILES string of the molecule is COc1cccc(OC(C)CC#N)c1OC. The first kappa shape index (κ1) is 12.2. The van der Waals surface area contributed by atoms with Crippen LogP contribution in [0.15, 0.2) is 18.2 Å². The summed E-state index contributed by atoms with van der Waals surface area (Å²) in [4.78, 5) is 0. The van der Waals surface area contributed by atoms with Crippen molar-refractivity contribution in [3.8, 4) is 23.3 Å². The minimum absolute atomic E-state index is 0.175. The lowest BCUT2D eigenvalue weighted by molar-refractivity contribution is 0.213. The second-order valence-electron chi connectivity index (χ2n) is 3.28. The lowest BCUT2D eigenvalue weighted by Crippen LogP contribution is -2.11. The van der Waals surface area contributed by atoms with Crippen LogP contribution in [0.3, 0.4) is 0 Å². The fourth-order valence-corrected chi connectivity index (χ4v) is 1.34. The van der Waals surface area contributed by atoms with E-state index in [4.69, 9.17) is 19.5 Å². The Labute approximate surface area is 95.4 Å². The van der Waals surface area contributed by atoms with E-state index in [2.05, 4.69) is 6.07 Å². The summed E-state index contributed by atoms with van der Waals surface area (Å²) in [5.74, 6) is 1.75. The summed E-state index contributed by atoms with van der Waals surface area (Å²) in [5.41, 5.74) is 0. The third-order valence-electron chi connectivity index (χ3n) is 2.07. The summed E-state index contributed by atoms with van der Waals surface area (Å²) < 4.78 is 16.0.